The molecule has 152 valence electrons. The van der Waals surface area contributed by atoms with E-state index in [-0.39, 0.29) is 11.7 Å². The molecule has 0 bridgehead atoms. The van der Waals surface area contributed by atoms with E-state index in [1.165, 1.54) is 10.5 Å². The van der Waals surface area contributed by atoms with Gasteiger partial charge in [0.15, 0.2) is 5.78 Å². The fourth-order valence-electron chi connectivity index (χ4n) is 3.41. The van der Waals surface area contributed by atoms with Crippen LogP contribution in [-0.2, 0) is 16.0 Å². The molecule has 2 aromatic heterocycles. The monoisotopic (exact) mass is 403 g/mol. The number of thiophene rings is 1. The predicted molar refractivity (Wildman–Crippen MR) is 115 cm³/mol. The minimum Gasteiger partial charge on any atom is -0.481 e. The first-order valence-electron chi connectivity index (χ1n) is 9.66. The topological polar surface area (TPSA) is 56.1 Å². The fourth-order valence-corrected chi connectivity index (χ4v) is 4.67. The van der Waals surface area contributed by atoms with Crippen LogP contribution >= 0.6 is 11.3 Å². The Balaban J connectivity index is 1.73. The second kappa shape index (κ2) is 9.49. The molecule has 0 N–H and O–H groups in total. The smallest absolute Gasteiger partial charge is 0.207 e. The van der Waals surface area contributed by atoms with Crippen LogP contribution in [0.25, 0.3) is 10.2 Å². The van der Waals surface area contributed by atoms with E-state index >= 15 is 0 Å². The maximum Gasteiger partial charge on any atom is 0.207 e. The van der Waals surface area contributed by atoms with Crippen LogP contribution in [-0.4, -0.2) is 68.2 Å². The number of nitrogens with zero attached hydrogens (tertiary/aromatic N) is 3. The van der Waals surface area contributed by atoms with Crippen LogP contribution < -0.4 is 0 Å². The van der Waals surface area contributed by atoms with E-state index in [0.29, 0.717) is 5.90 Å². The van der Waals surface area contributed by atoms with Crippen LogP contribution in [0, 0.1) is 12.8 Å². The van der Waals surface area contributed by atoms with Gasteiger partial charge in [0.25, 0.3) is 0 Å². The van der Waals surface area contributed by atoms with Gasteiger partial charge in [-0.3, -0.25) is 14.7 Å². The fraction of sp³-hybridized carbons (Fsp3) is 0.524. The lowest BCUT2D eigenvalue weighted by Gasteiger charge is -2.26. The van der Waals surface area contributed by atoms with Gasteiger partial charge in [-0.05, 0) is 25.1 Å². The molecule has 0 aliphatic carbocycles. The van der Waals surface area contributed by atoms with Crippen molar-refractivity contribution >= 4 is 33.2 Å². The zero-order valence-corrected chi connectivity index (χ0v) is 17.9. The Bertz CT molecular complexity index is 875. The van der Waals surface area contributed by atoms with Crippen molar-refractivity contribution in [1.29, 1.82) is 0 Å². The van der Waals surface area contributed by atoms with Crippen molar-refractivity contribution in [3.63, 3.8) is 0 Å². The first-order valence-corrected chi connectivity index (χ1v) is 10.5. The quantitative estimate of drug-likeness (QED) is 0.404. The predicted octanol–water partition coefficient (Wildman–Crippen LogP) is 3.39. The summed E-state index contributed by atoms with van der Waals surface area (Å²) in [6.07, 6.45) is 3.60. The van der Waals surface area contributed by atoms with E-state index in [1.807, 2.05) is 19.1 Å². The molecular weight excluding hydrogens is 374 g/mol. The van der Waals surface area contributed by atoms with E-state index in [1.54, 1.807) is 31.6 Å². The summed E-state index contributed by atoms with van der Waals surface area (Å²) in [7, 11) is 3.24. The zero-order valence-electron chi connectivity index (χ0n) is 17.1. The summed E-state index contributed by atoms with van der Waals surface area (Å²) in [6.45, 7) is 9.60. The van der Waals surface area contributed by atoms with Crippen molar-refractivity contribution < 1.29 is 14.3 Å². The van der Waals surface area contributed by atoms with Gasteiger partial charge < -0.3 is 14.0 Å². The van der Waals surface area contributed by atoms with Crippen LogP contribution in [0.3, 0.4) is 0 Å². The number of hydrogen-bond acceptors (Lipinski definition) is 6. The molecule has 1 saturated heterocycles. The summed E-state index contributed by atoms with van der Waals surface area (Å²) in [5.74, 6) is 0.417. The van der Waals surface area contributed by atoms with Crippen molar-refractivity contribution in [3.8, 4) is 0 Å². The molecule has 1 atom stereocenters. The number of aromatic nitrogens is 1. The number of ether oxygens (including phenoxy) is 2. The molecule has 0 spiro atoms. The van der Waals surface area contributed by atoms with Crippen LogP contribution in [0.2, 0.25) is 0 Å². The Hall–Kier alpha value is -1.96. The van der Waals surface area contributed by atoms with Crippen LogP contribution in [0.4, 0.5) is 0 Å². The van der Waals surface area contributed by atoms with Gasteiger partial charge in [-0.1, -0.05) is 13.0 Å². The summed E-state index contributed by atoms with van der Waals surface area (Å²) in [4.78, 5) is 21.3. The number of carbonyl (C=O) groups is 1. The summed E-state index contributed by atoms with van der Waals surface area (Å²) in [5, 5.41) is 1.15. The van der Waals surface area contributed by atoms with Gasteiger partial charge in [0.2, 0.25) is 5.90 Å². The SMILES string of the molecule is CN=C(C=CC(C)C(=O)c1cc2cc(C)n(CCN3CCOCC3)c2s1)OC. The van der Waals surface area contributed by atoms with Gasteiger partial charge >= 0.3 is 0 Å². The Morgan fingerprint density at radius 2 is 2.11 bits per heavy atom. The van der Waals surface area contributed by atoms with E-state index in [9.17, 15) is 4.79 Å². The minimum atomic E-state index is -0.224. The summed E-state index contributed by atoms with van der Waals surface area (Å²) in [6, 6.07) is 4.20. The number of fused-ring (bicyclic) bond motifs is 1. The third-order valence-corrected chi connectivity index (χ3v) is 6.32. The van der Waals surface area contributed by atoms with Crippen molar-refractivity contribution in [3.05, 3.63) is 34.9 Å². The highest BCUT2D eigenvalue weighted by Crippen LogP contribution is 2.30. The first kappa shape index (κ1) is 20.8. The molecule has 0 saturated carbocycles. The van der Waals surface area contributed by atoms with Crippen molar-refractivity contribution in [2.24, 2.45) is 10.9 Å². The number of hydrogen-bond donors (Lipinski definition) is 0. The number of methoxy groups -OCH3 is 1. The lowest BCUT2D eigenvalue weighted by atomic mass is 10.0. The van der Waals surface area contributed by atoms with E-state index in [4.69, 9.17) is 9.47 Å². The highest BCUT2D eigenvalue weighted by molar-refractivity contribution is 7.20. The largest absolute Gasteiger partial charge is 0.481 e. The molecule has 1 fully saturated rings. The third kappa shape index (κ3) is 4.71. The second-order valence-electron chi connectivity index (χ2n) is 7.04. The average molecular weight is 404 g/mol. The Morgan fingerprint density at radius 3 is 2.79 bits per heavy atom. The van der Waals surface area contributed by atoms with Gasteiger partial charge in [0.1, 0.15) is 4.83 Å². The van der Waals surface area contributed by atoms with Gasteiger partial charge in [0.05, 0.1) is 25.2 Å². The van der Waals surface area contributed by atoms with Crippen LogP contribution in [0.15, 0.2) is 29.3 Å². The molecule has 6 nitrogen and oxygen atoms in total. The molecule has 1 aliphatic rings. The van der Waals surface area contributed by atoms with Crippen LogP contribution in [0.5, 0.6) is 0 Å². The van der Waals surface area contributed by atoms with Gasteiger partial charge in [-0.2, -0.15) is 0 Å². The second-order valence-corrected chi connectivity index (χ2v) is 8.07. The highest BCUT2D eigenvalue weighted by Gasteiger charge is 2.19. The maximum atomic E-state index is 12.8. The normalized spacial score (nSPS) is 17.5. The number of morpholine rings is 1. The zero-order chi connectivity index (χ0) is 20.1. The molecule has 1 aliphatic heterocycles. The highest BCUT2D eigenvalue weighted by atomic mass is 32.1. The van der Waals surface area contributed by atoms with Crippen molar-refractivity contribution in [2.75, 3.05) is 47.0 Å². The van der Waals surface area contributed by atoms with Crippen molar-refractivity contribution in [2.45, 2.75) is 20.4 Å². The molecule has 28 heavy (non-hydrogen) atoms. The molecular formula is C21H29N3O3S. The first-order chi connectivity index (χ1) is 13.5. The number of allylic oxidation sites excluding steroid dienone is 1. The number of carbonyl (C=O) groups excluding carboxylic acids is 1. The standard InChI is InChI=1S/C21H29N3O3S/c1-15(5-6-19(22-3)26-4)20(25)18-14-17-13-16(2)24(21(17)28-18)8-7-23-9-11-27-12-10-23/h5-6,13-15H,7-12H2,1-4H3. The molecule has 7 heteroatoms. The van der Waals surface area contributed by atoms with E-state index in [2.05, 4.69) is 27.4 Å². The van der Waals surface area contributed by atoms with E-state index in [0.717, 1.165) is 49.7 Å². The van der Waals surface area contributed by atoms with Gasteiger partial charge in [0, 0.05) is 50.2 Å². The van der Waals surface area contributed by atoms with Crippen molar-refractivity contribution in [1.82, 2.24) is 9.47 Å². The molecule has 0 amide bonds. The number of ketones is 1. The molecule has 1 unspecified atom stereocenters. The Morgan fingerprint density at radius 1 is 1.36 bits per heavy atom. The lowest BCUT2D eigenvalue weighted by Crippen LogP contribution is -2.38. The minimum absolute atomic E-state index is 0.126. The lowest BCUT2D eigenvalue weighted by molar-refractivity contribution is 0.0365. The molecule has 0 radical (unpaired) electrons. The number of Topliss-reactive ketones (excluding diaryl/α,β-unsaturated/α-hetero) is 1. The van der Waals surface area contributed by atoms with E-state index < -0.39 is 0 Å². The summed E-state index contributed by atoms with van der Waals surface area (Å²) < 4.78 is 12.9. The molecule has 3 heterocycles. The molecule has 2 aromatic rings. The van der Waals surface area contributed by atoms with Gasteiger partial charge in [-0.15, -0.1) is 11.3 Å². The third-order valence-electron chi connectivity index (χ3n) is 5.13. The summed E-state index contributed by atoms with van der Waals surface area (Å²) >= 11 is 1.59. The Kier molecular flexibility index (Phi) is 7.04. The summed E-state index contributed by atoms with van der Waals surface area (Å²) in [5.41, 5.74) is 1.24. The maximum absolute atomic E-state index is 12.8. The molecule has 0 aromatic carbocycles. The number of aryl methyl sites for hydroxylation is 1. The van der Waals surface area contributed by atoms with Gasteiger partial charge in [-0.25, -0.2) is 0 Å². The number of rotatable bonds is 7. The average Bonchev–Trinajstić information content (AvgIpc) is 3.24. The number of aliphatic imine (C=N–C) groups is 1. The Labute approximate surface area is 170 Å². The van der Waals surface area contributed by atoms with Crippen LogP contribution in [0.1, 0.15) is 22.3 Å². The molecule has 3 rings (SSSR count).